The van der Waals surface area contributed by atoms with E-state index in [2.05, 4.69) is 104 Å². The summed E-state index contributed by atoms with van der Waals surface area (Å²) < 4.78 is 0. The zero-order chi connectivity index (χ0) is 30.7. The third-order valence-corrected chi connectivity index (χ3v) is 25.4. The Kier molecular flexibility index (Phi) is 13.5. The molecular weight excluding hydrogens is 529 g/mol. The summed E-state index contributed by atoms with van der Waals surface area (Å²) in [5.74, 6) is 0. The van der Waals surface area contributed by atoms with E-state index in [4.69, 9.17) is 0 Å². The highest BCUT2D eigenvalue weighted by atomic mass is 28.4. The van der Waals surface area contributed by atoms with Gasteiger partial charge in [-0.15, -0.1) is 0 Å². The van der Waals surface area contributed by atoms with Crippen LogP contribution in [0.3, 0.4) is 0 Å². The summed E-state index contributed by atoms with van der Waals surface area (Å²) in [6, 6.07) is 2.31. The molecule has 0 saturated heterocycles. The van der Waals surface area contributed by atoms with Crippen LogP contribution in [-0.4, -0.2) is 39.3 Å². The highest BCUT2D eigenvalue weighted by Crippen LogP contribution is 2.43. The molecule has 0 aliphatic heterocycles. The maximum Gasteiger partial charge on any atom is 0.197 e. The lowest BCUT2D eigenvalue weighted by molar-refractivity contribution is 0.486. The van der Waals surface area contributed by atoms with E-state index in [1.165, 1.54) is 33.4 Å². The molecule has 0 saturated carbocycles. The summed E-state index contributed by atoms with van der Waals surface area (Å²) in [6.07, 6.45) is 2.76. The Hall–Kier alpha value is -0.249. The Morgan fingerprint density at radius 1 is 0.359 bits per heavy atom. The second-order valence-electron chi connectivity index (χ2n) is 14.4. The van der Waals surface area contributed by atoms with Crippen LogP contribution in [0.2, 0.25) is 33.2 Å². The summed E-state index contributed by atoms with van der Waals surface area (Å²) in [5, 5.41) is 0. The van der Waals surface area contributed by atoms with E-state index in [0.717, 1.165) is 37.4 Å². The Bertz CT molecular complexity index is 771. The van der Waals surface area contributed by atoms with E-state index < -0.39 is 25.0 Å². The second-order valence-corrected chi connectivity index (χ2v) is 28.3. The molecule has 0 heterocycles. The molecule has 3 N–H and O–H groups in total. The van der Waals surface area contributed by atoms with Crippen molar-refractivity contribution in [1.29, 1.82) is 0 Å². The van der Waals surface area contributed by atoms with Gasteiger partial charge in [-0.25, -0.2) is 0 Å². The maximum atomic E-state index is 12.2. The van der Waals surface area contributed by atoms with Crippen molar-refractivity contribution in [3.05, 3.63) is 33.4 Å². The standard InChI is InChI=1S/C33H66O3Si3/c1-16-28-31(19-37(34,22(4)5)23(6)7)29(17-2)33(21-39(36,26(12)13)27(14)15)30(18-3)32(28)20-38(35,24(8)9)25(10)11/h22-27,34-36H,16-21H2,1-15H3. The first-order valence-corrected chi connectivity index (χ1v) is 23.1. The minimum absolute atomic E-state index is 0.264. The Morgan fingerprint density at radius 3 is 0.615 bits per heavy atom. The van der Waals surface area contributed by atoms with Gasteiger partial charge in [-0.3, -0.25) is 0 Å². The summed E-state index contributed by atoms with van der Waals surface area (Å²) >= 11 is 0. The number of rotatable bonds is 15. The van der Waals surface area contributed by atoms with Crippen LogP contribution in [0, 0.1) is 0 Å². The molecule has 0 radical (unpaired) electrons. The monoisotopic (exact) mass is 594 g/mol. The predicted octanol–water partition coefficient (Wildman–Crippen LogP) is 8.89. The molecule has 1 aromatic rings. The van der Waals surface area contributed by atoms with Crippen LogP contribution < -0.4 is 0 Å². The first kappa shape index (κ1) is 36.8. The molecular formula is C33H66O3Si3. The molecule has 228 valence electrons. The van der Waals surface area contributed by atoms with Crippen LogP contribution in [0.25, 0.3) is 0 Å². The normalized spacial score (nSPS) is 13.8. The van der Waals surface area contributed by atoms with Gasteiger partial charge in [-0.2, -0.15) is 0 Å². The lowest BCUT2D eigenvalue weighted by atomic mass is 9.85. The molecule has 39 heavy (non-hydrogen) atoms. The molecule has 0 fully saturated rings. The van der Waals surface area contributed by atoms with Crippen LogP contribution in [0.1, 0.15) is 137 Å². The van der Waals surface area contributed by atoms with Gasteiger partial charge >= 0.3 is 0 Å². The Labute approximate surface area is 246 Å². The lowest BCUT2D eigenvalue weighted by Gasteiger charge is -2.40. The van der Waals surface area contributed by atoms with Gasteiger partial charge in [0.25, 0.3) is 0 Å². The molecule has 0 spiro atoms. The van der Waals surface area contributed by atoms with Gasteiger partial charge in [0.15, 0.2) is 25.0 Å². The third-order valence-electron chi connectivity index (χ3n) is 10.6. The van der Waals surface area contributed by atoms with Crippen molar-refractivity contribution in [3.63, 3.8) is 0 Å². The maximum absolute atomic E-state index is 12.2. The van der Waals surface area contributed by atoms with Gasteiger partial charge < -0.3 is 14.4 Å². The van der Waals surface area contributed by atoms with E-state index in [9.17, 15) is 14.4 Å². The van der Waals surface area contributed by atoms with Crippen molar-refractivity contribution in [2.24, 2.45) is 0 Å². The summed E-state index contributed by atoms with van der Waals surface area (Å²) in [6.45, 7) is 33.3. The predicted molar refractivity (Wildman–Crippen MR) is 180 cm³/mol. The van der Waals surface area contributed by atoms with Crippen LogP contribution in [0.4, 0.5) is 0 Å². The molecule has 0 unspecified atom stereocenters. The third kappa shape index (κ3) is 7.40. The van der Waals surface area contributed by atoms with Crippen LogP contribution in [0.5, 0.6) is 0 Å². The molecule has 6 heteroatoms. The van der Waals surface area contributed by atoms with Gasteiger partial charge in [-0.05, 0) is 104 Å². The second kappa shape index (κ2) is 14.3. The molecule has 0 bridgehead atoms. The Balaban J connectivity index is 4.33. The smallest absolute Gasteiger partial charge is 0.197 e. The average molecular weight is 595 g/mol. The fourth-order valence-corrected chi connectivity index (χ4v) is 16.5. The summed E-state index contributed by atoms with van der Waals surface area (Å²) in [5.41, 5.74) is 9.87. The molecule has 0 aromatic heterocycles. The van der Waals surface area contributed by atoms with Crippen molar-refractivity contribution in [3.8, 4) is 0 Å². The molecule has 1 aromatic carbocycles. The van der Waals surface area contributed by atoms with E-state index in [-0.39, 0.29) is 33.2 Å². The van der Waals surface area contributed by atoms with Gasteiger partial charge in [0.2, 0.25) is 0 Å². The van der Waals surface area contributed by atoms with Crippen molar-refractivity contribution in [2.45, 2.75) is 174 Å². The first-order chi connectivity index (χ1) is 17.8. The molecule has 0 amide bonds. The van der Waals surface area contributed by atoms with Gasteiger partial charge in [0, 0.05) is 0 Å². The van der Waals surface area contributed by atoms with Crippen LogP contribution >= 0.6 is 0 Å². The quantitative estimate of drug-likeness (QED) is 0.178. The SMILES string of the molecule is CCc1c(C[Si](O)(C(C)C)C(C)C)c(CC)c(C[Si](O)(C(C)C)C(C)C)c(CC)c1C[Si](O)(C(C)C)C(C)C. The van der Waals surface area contributed by atoms with Crippen molar-refractivity contribution in [1.82, 2.24) is 0 Å². The average Bonchev–Trinajstić information content (AvgIpc) is 2.83. The number of benzene rings is 1. The number of hydrogen-bond acceptors (Lipinski definition) is 3. The van der Waals surface area contributed by atoms with Crippen LogP contribution in [-0.2, 0) is 37.4 Å². The number of hydrogen-bond donors (Lipinski definition) is 3. The highest BCUT2D eigenvalue weighted by molar-refractivity contribution is 6.75. The summed E-state index contributed by atoms with van der Waals surface area (Å²) in [4.78, 5) is 36.7. The largest absolute Gasteiger partial charge is 0.431 e. The van der Waals surface area contributed by atoms with Crippen LogP contribution in [0.15, 0.2) is 0 Å². The van der Waals surface area contributed by atoms with Crippen molar-refractivity contribution >= 4 is 25.0 Å². The molecule has 0 aliphatic rings. The highest BCUT2D eigenvalue weighted by Gasteiger charge is 2.45. The van der Waals surface area contributed by atoms with Gasteiger partial charge in [0.05, 0.1) is 0 Å². The molecule has 0 atom stereocenters. The summed E-state index contributed by atoms with van der Waals surface area (Å²) in [7, 11) is -7.86. The minimum Gasteiger partial charge on any atom is -0.431 e. The fourth-order valence-electron chi connectivity index (χ4n) is 7.09. The minimum atomic E-state index is -2.62. The van der Waals surface area contributed by atoms with E-state index in [0.29, 0.717) is 0 Å². The first-order valence-electron chi connectivity index (χ1n) is 16.1. The van der Waals surface area contributed by atoms with Crippen molar-refractivity contribution in [2.75, 3.05) is 0 Å². The molecule has 0 aliphatic carbocycles. The zero-order valence-electron chi connectivity index (χ0n) is 28.5. The lowest BCUT2D eigenvalue weighted by Crippen LogP contribution is -2.47. The molecule has 3 nitrogen and oxygen atoms in total. The zero-order valence-corrected chi connectivity index (χ0v) is 31.5. The van der Waals surface area contributed by atoms with E-state index >= 15 is 0 Å². The van der Waals surface area contributed by atoms with E-state index in [1.54, 1.807) is 0 Å². The fraction of sp³-hybridized carbons (Fsp3) is 0.818. The van der Waals surface area contributed by atoms with Crippen molar-refractivity contribution < 1.29 is 14.4 Å². The van der Waals surface area contributed by atoms with Gasteiger partial charge in [0.1, 0.15) is 0 Å². The molecule has 1 rings (SSSR count). The van der Waals surface area contributed by atoms with Gasteiger partial charge in [-0.1, -0.05) is 104 Å². The topological polar surface area (TPSA) is 60.7 Å². The van der Waals surface area contributed by atoms with E-state index in [1.807, 2.05) is 0 Å². The Morgan fingerprint density at radius 2 is 0.513 bits per heavy atom.